The smallest absolute Gasteiger partial charge is 0.326 e. The Balaban J connectivity index is 2.09. The zero-order valence-corrected chi connectivity index (χ0v) is 20.4. The number of carboxylic acids is 1. The highest BCUT2D eigenvalue weighted by Crippen LogP contribution is 2.08. The number of aliphatic carboxylic acids is 1. The lowest BCUT2D eigenvalue weighted by molar-refractivity contribution is -0.142. The quantitative estimate of drug-likeness (QED) is 0.188. The lowest BCUT2D eigenvalue weighted by Gasteiger charge is -2.25. The van der Waals surface area contributed by atoms with Gasteiger partial charge in [0.1, 0.15) is 18.1 Å². The molecule has 0 radical (unpaired) electrons. The summed E-state index contributed by atoms with van der Waals surface area (Å²) >= 11 is 1.45. The minimum absolute atomic E-state index is 0.0693. The summed E-state index contributed by atoms with van der Waals surface area (Å²) in [6.45, 7) is 0.676. The second-order valence-electron chi connectivity index (χ2n) is 8.31. The minimum Gasteiger partial charge on any atom is -0.480 e. The van der Waals surface area contributed by atoms with E-state index in [9.17, 15) is 29.1 Å². The van der Waals surface area contributed by atoms with Crippen LogP contribution in [0, 0.1) is 0 Å². The molecule has 0 bridgehead atoms. The maximum atomic E-state index is 13.0. The van der Waals surface area contributed by atoms with Crippen molar-refractivity contribution in [1.82, 2.24) is 21.3 Å². The van der Waals surface area contributed by atoms with Gasteiger partial charge >= 0.3 is 5.97 Å². The van der Waals surface area contributed by atoms with Crippen molar-refractivity contribution in [2.45, 2.75) is 56.3 Å². The van der Waals surface area contributed by atoms with Crippen LogP contribution in [0.25, 0.3) is 0 Å². The van der Waals surface area contributed by atoms with Gasteiger partial charge in [0.15, 0.2) is 0 Å². The zero-order chi connectivity index (χ0) is 25.8. The Labute approximate surface area is 208 Å². The number of nitrogens with two attached hydrogens (primary N) is 1. The van der Waals surface area contributed by atoms with Gasteiger partial charge in [-0.3, -0.25) is 19.2 Å². The average Bonchev–Trinajstić information content (AvgIpc) is 3.36. The highest BCUT2D eigenvalue weighted by Gasteiger charge is 2.32. The Morgan fingerprint density at radius 2 is 1.71 bits per heavy atom. The van der Waals surface area contributed by atoms with Gasteiger partial charge in [-0.15, -0.1) is 0 Å². The summed E-state index contributed by atoms with van der Waals surface area (Å²) in [4.78, 5) is 61.7. The first-order chi connectivity index (χ1) is 16.7. The van der Waals surface area contributed by atoms with Crippen molar-refractivity contribution < 1.29 is 29.1 Å². The molecule has 4 atom stereocenters. The molecular weight excluding hydrogens is 474 g/mol. The van der Waals surface area contributed by atoms with Crippen molar-refractivity contribution in [3.05, 3.63) is 35.9 Å². The summed E-state index contributed by atoms with van der Waals surface area (Å²) in [5.74, 6) is -3.33. The van der Waals surface area contributed by atoms with E-state index in [1.54, 1.807) is 30.3 Å². The van der Waals surface area contributed by atoms with Crippen LogP contribution < -0.4 is 27.0 Å². The molecule has 1 aliphatic heterocycles. The van der Waals surface area contributed by atoms with Crippen LogP contribution in [-0.4, -0.2) is 77.4 Å². The molecule has 7 N–H and O–H groups in total. The molecule has 4 amide bonds. The first kappa shape index (κ1) is 28.1. The second-order valence-corrected chi connectivity index (χ2v) is 9.30. The molecule has 0 aliphatic carbocycles. The van der Waals surface area contributed by atoms with E-state index in [4.69, 9.17) is 5.73 Å². The third-order valence-corrected chi connectivity index (χ3v) is 6.20. The molecule has 0 saturated carbocycles. The molecule has 1 fully saturated rings. The van der Waals surface area contributed by atoms with E-state index in [0.29, 0.717) is 18.7 Å². The third-order valence-electron chi connectivity index (χ3n) is 5.56. The third kappa shape index (κ3) is 9.57. The molecular formula is C23H33N5O6S. The number of thioether (sulfide) groups is 1. The SMILES string of the molecule is CSCCC(NC(=O)C(CC(N)=O)NC(=O)C1CCCN1)C(=O)NC(Cc1ccccc1)C(=O)O. The first-order valence-corrected chi connectivity index (χ1v) is 12.8. The van der Waals surface area contributed by atoms with Gasteiger partial charge in [0.2, 0.25) is 23.6 Å². The molecule has 4 unspecified atom stereocenters. The number of nitrogens with one attached hydrogen (secondary N) is 4. The Morgan fingerprint density at radius 3 is 2.29 bits per heavy atom. The molecule has 11 nitrogen and oxygen atoms in total. The van der Waals surface area contributed by atoms with Crippen LogP contribution in [0.2, 0.25) is 0 Å². The molecule has 1 saturated heterocycles. The topological polar surface area (TPSA) is 180 Å². The van der Waals surface area contributed by atoms with Gasteiger partial charge in [-0.25, -0.2) is 4.79 Å². The van der Waals surface area contributed by atoms with Crippen LogP contribution in [-0.2, 0) is 30.4 Å². The number of primary amides is 1. The molecule has 0 aromatic heterocycles. The van der Waals surface area contributed by atoms with Gasteiger partial charge in [-0.2, -0.15) is 11.8 Å². The van der Waals surface area contributed by atoms with Crippen LogP contribution >= 0.6 is 11.8 Å². The van der Waals surface area contributed by atoms with Gasteiger partial charge in [-0.1, -0.05) is 30.3 Å². The van der Waals surface area contributed by atoms with Crippen molar-refractivity contribution in [2.75, 3.05) is 18.6 Å². The van der Waals surface area contributed by atoms with Crippen molar-refractivity contribution in [2.24, 2.45) is 5.73 Å². The number of carboxylic acid groups (broad SMARTS) is 1. The van der Waals surface area contributed by atoms with E-state index in [-0.39, 0.29) is 12.8 Å². The standard InChI is InChI=1S/C23H33N5O6S/c1-35-11-9-16(21(31)28-18(23(33)34)12-14-6-3-2-4-7-14)26-22(32)17(13-19(24)29)27-20(30)15-8-5-10-25-15/h2-4,6-7,15-18,25H,5,8-13H2,1H3,(H2,24,29)(H,26,32)(H,27,30)(H,28,31)(H,33,34). The fourth-order valence-corrected chi connectivity index (χ4v) is 4.16. The largest absolute Gasteiger partial charge is 0.480 e. The van der Waals surface area contributed by atoms with Gasteiger partial charge in [0.05, 0.1) is 12.5 Å². The molecule has 35 heavy (non-hydrogen) atoms. The molecule has 1 heterocycles. The molecule has 2 rings (SSSR count). The van der Waals surface area contributed by atoms with Crippen molar-refractivity contribution >= 4 is 41.4 Å². The van der Waals surface area contributed by atoms with Crippen LogP contribution in [0.5, 0.6) is 0 Å². The van der Waals surface area contributed by atoms with Crippen LogP contribution in [0.3, 0.4) is 0 Å². The lowest BCUT2D eigenvalue weighted by Crippen LogP contribution is -2.58. The molecule has 1 aliphatic rings. The van der Waals surface area contributed by atoms with E-state index in [0.717, 1.165) is 12.0 Å². The molecule has 1 aromatic carbocycles. The summed E-state index contributed by atoms with van der Waals surface area (Å²) in [7, 11) is 0. The number of benzene rings is 1. The summed E-state index contributed by atoms with van der Waals surface area (Å²) in [6, 6.07) is 4.86. The second kappa shape index (κ2) is 14.3. The van der Waals surface area contributed by atoms with Gasteiger partial charge in [0, 0.05) is 6.42 Å². The summed E-state index contributed by atoms with van der Waals surface area (Å²) in [5, 5.41) is 20.2. The Morgan fingerprint density at radius 1 is 1.06 bits per heavy atom. The highest BCUT2D eigenvalue weighted by atomic mass is 32.2. The summed E-state index contributed by atoms with van der Waals surface area (Å²) in [5.41, 5.74) is 6.00. The zero-order valence-electron chi connectivity index (χ0n) is 19.6. The fourth-order valence-electron chi connectivity index (χ4n) is 3.69. The first-order valence-electron chi connectivity index (χ1n) is 11.4. The van der Waals surface area contributed by atoms with E-state index < -0.39 is 60.2 Å². The number of rotatable bonds is 14. The summed E-state index contributed by atoms with van der Waals surface area (Å²) < 4.78 is 0. The maximum Gasteiger partial charge on any atom is 0.326 e. The number of hydrogen-bond donors (Lipinski definition) is 6. The van der Waals surface area contributed by atoms with E-state index in [1.165, 1.54) is 11.8 Å². The Bertz CT molecular complexity index is 894. The van der Waals surface area contributed by atoms with Crippen molar-refractivity contribution in [1.29, 1.82) is 0 Å². The molecule has 12 heteroatoms. The normalized spacial score (nSPS) is 17.6. The van der Waals surface area contributed by atoms with E-state index >= 15 is 0 Å². The molecule has 0 spiro atoms. The van der Waals surface area contributed by atoms with Crippen LogP contribution in [0.4, 0.5) is 0 Å². The number of amides is 4. The lowest BCUT2D eigenvalue weighted by atomic mass is 10.0. The van der Waals surface area contributed by atoms with Crippen LogP contribution in [0.15, 0.2) is 30.3 Å². The number of hydrogen-bond acceptors (Lipinski definition) is 7. The maximum absolute atomic E-state index is 13.0. The molecule has 192 valence electrons. The molecule has 1 aromatic rings. The fraction of sp³-hybridized carbons (Fsp3) is 0.522. The van der Waals surface area contributed by atoms with Gasteiger partial charge in [-0.05, 0) is 43.4 Å². The number of carbonyl (C=O) groups excluding carboxylic acids is 4. The highest BCUT2D eigenvalue weighted by molar-refractivity contribution is 7.98. The van der Waals surface area contributed by atoms with E-state index in [1.807, 2.05) is 6.26 Å². The van der Waals surface area contributed by atoms with Crippen molar-refractivity contribution in [3.8, 4) is 0 Å². The number of carbonyl (C=O) groups is 5. The minimum atomic E-state index is -1.26. The van der Waals surface area contributed by atoms with Gasteiger partial charge < -0.3 is 32.1 Å². The summed E-state index contributed by atoms with van der Waals surface area (Å²) in [6.07, 6.45) is 3.10. The average molecular weight is 508 g/mol. The monoisotopic (exact) mass is 507 g/mol. The van der Waals surface area contributed by atoms with Crippen molar-refractivity contribution in [3.63, 3.8) is 0 Å². The van der Waals surface area contributed by atoms with Gasteiger partial charge in [0.25, 0.3) is 0 Å². The Kier molecular flexibility index (Phi) is 11.5. The van der Waals surface area contributed by atoms with E-state index in [2.05, 4.69) is 21.3 Å². The predicted molar refractivity (Wildman–Crippen MR) is 131 cm³/mol. The van der Waals surface area contributed by atoms with Crippen LogP contribution in [0.1, 0.15) is 31.2 Å². The Hall–Kier alpha value is -3.12. The predicted octanol–water partition coefficient (Wildman–Crippen LogP) is -0.851.